The van der Waals surface area contributed by atoms with Crippen molar-refractivity contribution < 1.29 is 24.2 Å². The fraction of sp³-hybridized carbons (Fsp3) is 0.393. The molecule has 3 N–H and O–H groups in total. The smallest absolute Gasteiger partial charge is 0.407 e. The summed E-state index contributed by atoms with van der Waals surface area (Å²) in [6, 6.07) is 15.7. The molecule has 0 aliphatic heterocycles. The van der Waals surface area contributed by atoms with Crippen molar-refractivity contribution >= 4 is 18.0 Å². The SMILES string of the molecule is CCCC(CC(=O)N[C@@H]1C=CC[C@@H](C(=O)O)C1)NC(=O)OCC1c2ccccc2-c2ccccc21. The third-order valence-corrected chi connectivity index (χ3v) is 6.76. The minimum Gasteiger partial charge on any atom is -0.481 e. The summed E-state index contributed by atoms with van der Waals surface area (Å²) >= 11 is 0. The maximum absolute atomic E-state index is 12.7. The molecule has 0 saturated heterocycles. The van der Waals surface area contributed by atoms with Gasteiger partial charge < -0.3 is 20.5 Å². The van der Waals surface area contributed by atoms with Crippen molar-refractivity contribution in [2.24, 2.45) is 5.92 Å². The van der Waals surface area contributed by atoms with Crippen LogP contribution in [0.25, 0.3) is 11.1 Å². The first kappa shape index (κ1) is 24.5. The van der Waals surface area contributed by atoms with E-state index in [4.69, 9.17) is 4.74 Å². The van der Waals surface area contributed by atoms with Crippen molar-refractivity contribution in [2.75, 3.05) is 6.61 Å². The van der Waals surface area contributed by atoms with Gasteiger partial charge in [-0.2, -0.15) is 0 Å². The van der Waals surface area contributed by atoms with Crippen LogP contribution in [0.2, 0.25) is 0 Å². The number of carboxylic acids is 1. The summed E-state index contributed by atoms with van der Waals surface area (Å²) in [6.45, 7) is 2.21. The quantitative estimate of drug-likeness (QED) is 0.458. The molecule has 35 heavy (non-hydrogen) atoms. The molecule has 3 atom stereocenters. The minimum absolute atomic E-state index is 0.0265. The number of amides is 2. The minimum atomic E-state index is -0.852. The van der Waals surface area contributed by atoms with E-state index in [0.717, 1.165) is 17.5 Å². The molecule has 0 spiro atoms. The number of hydrogen-bond acceptors (Lipinski definition) is 4. The summed E-state index contributed by atoms with van der Waals surface area (Å²) in [6.07, 6.45) is 5.49. The van der Waals surface area contributed by atoms with Crippen LogP contribution in [0, 0.1) is 5.92 Å². The summed E-state index contributed by atoms with van der Waals surface area (Å²) in [4.78, 5) is 36.5. The largest absolute Gasteiger partial charge is 0.481 e. The van der Waals surface area contributed by atoms with Crippen LogP contribution in [0.3, 0.4) is 0 Å². The Bertz CT molecular complexity index is 1070. The Morgan fingerprint density at radius 3 is 2.34 bits per heavy atom. The molecule has 7 nitrogen and oxygen atoms in total. The van der Waals surface area contributed by atoms with E-state index in [0.29, 0.717) is 19.3 Å². The molecule has 4 rings (SSSR count). The Hall–Kier alpha value is -3.61. The summed E-state index contributed by atoms with van der Waals surface area (Å²) in [5, 5.41) is 15.0. The molecular formula is C28H32N2O5. The van der Waals surface area contributed by atoms with E-state index in [1.54, 1.807) is 6.08 Å². The van der Waals surface area contributed by atoms with E-state index in [1.165, 1.54) is 11.1 Å². The van der Waals surface area contributed by atoms with Gasteiger partial charge in [-0.1, -0.05) is 74.0 Å². The van der Waals surface area contributed by atoms with Crippen molar-refractivity contribution in [3.05, 3.63) is 71.8 Å². The average molecular weight is 477 g/mol. The molecular weight excluding hydrogens is 444 g/mol. The molecule has 0 aromatic heterocycles. The van der Waals surface area contributed by atoms with Gasteiger partial charge in [-0.15, -0.1) is 0 Å². The number of carbonyl (C=O) groups excluding carboxylic acids is 2. The van der Waals surface area contributed by atoms with E-state index < -0.39 is 18.0 Å². The lowest BCUT2D eigenvalue weighted by molar-refractivity contribution is -0.142. The van der Waals surface area contributed by atoms with Crippen LogP contribution < -0.4 is 10.6 Å². The number of nitrogens with one attached hydrogen (secondary N) is 2. The standard InChI is InChI=1S/C28H32N2O5/c1-2-8-19(16-26(31)29-20-10-7-9-18(15-20)27(32)33)30-28(34)35-17-25-23-13-5-3-11-21(23)22-12-4-6-14-24(22)25/h3-7,10-14,18-20,25H,2,8-9,15-17H2,1H3,(H,29,31)(H,30,34)(H,32,33)/t18-,19?,20-/m1/s1. The van der Waals surface area contributed by atoms with Crippen LogP contribution in [0.1, 0.15) is 56.1 Å². The molecule has 2 aliphatic rings. The van der Waals surface area contributed by atoms with Gasteiger partial charge in [0.05, 0.1) is 5.92 Å². The van der Waals surface area contributed by atoms with Crippen LogP contribution in [-0.2, 0) is 14.3 Å². The summed E-state index contributed by atoms with van der Waals surface area (Å²) in [5.41, 5.74) is 4.62. The van der Waals surface area contributed by atoms with Gasteiger partial charge in [0.1, 0.15) is 6.61 Å². The van der Waals surface area contributed by atoms with Crippen LogP contribution in [0.4, 0.5) is 4.79 Å². The third kappa shape index (κ3) is 5.91. The topological polar surface area (TPSA) is 105 Å². The molecule has 0 fully saturated rings. The predicted octanol–water partition coefficient (Wildman–Crippen LogP) is 4.62. The van der Waals surface area contributed by atoms with Gasteiger partial charge in [0.2, 0.25) is 5.91 Å². The number of aliphatic carboxylic acids is 1. The molecule has 0 heterocycles. The van der Waals surface area contributed by atoms with E-state index in [2.05, 4.69) is 34.9 Å². The normalized spacial score (nSPS) is 19.3. The Kier molecular flexibility index (Phi) is 7.85. The summed E-state index contributed by atoms with van der Waals surface area (Å²) in [5.74, 6) is -1.59. The molecule has 184 valence electrons. The zero-order valence-electron chi connectivity index (χ0n) is 19.9. The first-order valence-corrected chi connectivity index (χ1v) is 12.3. The second kappa shape index (κ2) is 11.2. The van der Waals surface area contributed by atoms with Crippen LogP contribution in [0.15, 0.2) is 60.7 Å². The van der Waals surface area contributed by atoms with Crippen LogP contribution >= 0.6 is 0 Å². The number of benzene rings is 2. The molecule has 0 bridgehead atoms. The van der Waals surface area contributed by atoms with E-state index >= 15 is 0 Å². The average Bonchev–Trinajstić information content (AvgIpc) is 3.16. The molecule has 2 aliphatic carbocycles. The number of carboxylic acid groups (broad SMARTS) is 1. The number of rotatable bonds is 9. The predicted molar refractivity (Wildman–Crippen MR) is 133 cm³/mol. The Morgan fingerprint density at radius 2 is 1.71 bits per heavy atom. The van der Waals surface area contributed by atoms with Crippen molar-refractivity contribution in [3.8, 4) is 11.1 Å². The fourth-order valence-corrected chi connectivity index (χ4v) is 5.07. The second-order valence-electron chi connectivity index (χ2n) is 9.27. The van der Waals surface area contributed by atoms with E-state index in [9.17, 15) is 19.5 Å². The van der Waals surface area contributed by atoms with Crippen LogP contribution in [-0.4, -0.2) is 41.8 Å². The van der Waals surface area contributed by atoms with Crippen molar-refractivity contribution in [1.29, 1.82) is 0 Å². The van der Waals surface area contributed by atoms with Crippen molar-refractivity contribution in [1.82, 2.24) is 10.6 Å². The molecule has 1 unspecified atom stereocenters. The lowest BCUT2D eigenvalue weighted by Crippen LogP contribution is -2.43. The van der Waals surface area contributed by atoms with E-state index in [1.807, 2.05) is 37.3 Å². The molecule has 2 aromatic rings. The summed E-state index contributed by atoms with van der Waals surface area (Å²) in [7, 11) is 0. The number of alkyl carbamates (subject to hydrolysis) is 1. The fourth-order valence-electron chi connectivity index (χ4n) is 5.07. The molecule has 7 heteroatoms. The van der Waals surface area contributed by atoms with Gasteiger partial charge in [-0.05, 0) is 41.5 Å². The molecule has 2 aromatic carbocycles. The Balaban J connectivity index is 1.31. The van der Waals surface area contributed by atoms with Gasteiger partial charge in [-0.25, -0.2) is 4.79 Å². The number of ether oxygens (including phenoxy) is 1. The van der Waals surface area contributed by atoms with Gasteiger partial charge in [0.15, 0.2) is 0 Å². The first-order chi connectivity index (χ1) is 17.0. The zero-order valence-corrected chi connectivity index (χ0v) is 19.9. The monoisotopic (exact) mass is 476 g/mol. The maximum Gasteiger partial charge on any atom is 0.407 e. The summed E-state index contributed by atoms with van der Waals surface area (Å²) < 4.78 is 5.63. The van der Waals surface area contributed by atoms with Gasteiger partial charge >= 0.3 is 12.1 Å². The number of allylic oxidation sites excluding steroid dienone is 1. The zero-order chi connectivity index (χ0) is 24.8. The number of fused-ring (bicyclic) bond motifs is 3. The highest BCUT2D eigenvalue weighted by atomic mass is 16.5. The molecule has 2 amide bonds. The Labute approximate surface area is 205 Å². The van der Waals surface area contributed by atoms with E-state index in [-0.39, 0.29) is 36.9 Å². The van der Waals surface area contributed by atoms with Gasteiger partial charge in [-0.3, -0.25) is 9.59 Å². The first-order valence-electron chi connectivity index (χ1n) is 12.3. The van der Waals surface area contributed by atoms with Gasteiger partial charge in [0, 0.05) is 24.4 Å². The van der Waals surface area contributed by atoms with Crippen LogP contribution in [0.5, 0.6) is 0 Å². The molecule has 0 radical (unpaired) electrons. The lowest BCUT2D eigenvalue weighted by Gasteiger charge is -2.24. The molecule has 0 saturated carbocycles. The highest BCUT2D eigenvalue weighted by Crippen LogP contribution is 2.44. The number of carbonyl (C=O) groups is 3. The van der Waals surface area contributed by atoms with Crippen molar-refractivity contribution in [3.63, 3.8) is 0 Å². The van der Waals surface area contributed by atoms with Gasteiger partial charge in [0.25, 0.3) is 0 Å². The second-order valence-corrected chi connectivity index (χ2v) is 9.27. The number of hydrogen-bond donors (Lipinski definition) is 3. The third-order valence-electron chi connectivity index (χ3n) is 6.76. The van der Waals surface area contributed by atoms with Crippen molar-refractivity contribution in [2.45, 2.75) is 57.0 Å². The highest BCUT2D eigenvalue weighted by molar-refractivity contribution is 5.80. The Morgan fingerprint density at radius 1 is 1.06 bits per heavy atom. The maximum atomic E-state index is 12.7. The highest BCUT2D eigenvalue weighted by Gasteiger charge is 2.30. The lowest BCUT2D eigenvalue weighted by atomic mass is 9.91.